The highest BCUT2D eigenvalue weighted by molar-refractivity contribution is 7.09. The van der Waals surface area contributed by atoms with Crippen molar-refractivity contribution in [3.8, 4) is 0 Å². The number of aromatic nitrogens is 1. The van der Waals surface area contributed by atoms with Gasteiger partial charge in [0.15, 0.2) is 0 Å². The van der Waals surface area contributed by atoms with Crippen LogP contribution in [0.3, 0.4) is 0 Å². The number of Topliss-reactive ketones (excluding diaryl/α,β-unsaturated/α-hetero) is 1. The summed E-state index contributed by atoms with van der Waals surface area (Å²) in [6.45, 7) is 13.3. The molecule has 1 amide bonds. The second-order valence-corrected chi connectivity index (χ2v) is 11.3. The molecule has 34 heavy (non-hydrogen) atoms. The molecule has 1 aromatic rings. The quantitative estimate of drug-likeness (QED) is 0.570. The Labute approximate surface area is 207 Å². The van der Waals surface area contributed by atoms with Crippen LogP contribution >= 0.6 is 11.3 Å². The van der Waals surface area contributed by atoms with Crippen LogP contribution in [0.15, 0.2) is 34.8 Å². The minimum absolute atomic E-state index is 0.0571. The molecule has 6 nitrogen and oxygen atoms in total. The van der Waals surface area contributed by atoms with Crippen molar-refractivity contribution in [3.63, 3.8) is 0 Å². The van der Waals surface area contributed by atoms with Crippen molar-refractivity contribution in [2.45, 2.75) is 73.5 Å². The highest BCUT2D eigenvalue weighted by Crippen LogP contribution is 2.31. The van der Waals surface area contributed by atoms with E-state index in [-0.39, 0.29) is 29.9 Å². The van der Waals surface area contributed by atoms with E-state index in [4.69, 9.17) is 0 Å². The van der Waals surface area contributed by atoms with E-state index in [1.807, 2.05) is 51.3 Å². The normalized spacial score (nSPS) is 32.6. The third kappa shape index (κ3) is 7.45. The Bertz CT molecular complexity index is 960. The van der Waals surface area contributed by atoms with Crippen molar-refractivity contribution in [3.05, 3.63) is 45.5 Å². The van der Waals surface area contributed by atoms with Crippen molar-refractivity contribution < 1.29 is 19.8 Å². The van der Waals surface area contributed by atoms with E-state index >= 15 is 0 Å². The molecule has 0 saturated heterocycles. The maximum Gasteiger partial charge on any atom is 0.222 e. The first-order valence-corrected chi connectivity index (χ1v) is 12.8. The van der Waals surface area contributed by atoms with Gasteiger partial charge in [0.2, 0.25) is 5.91 Å². The largest absolute Gasteiger partial charge is 0.392 e. The Morgan fingerprint density at radius 1 is 1.24 bits per heavy atom. The molecule has 0 unspecified atom stereocenters. The summed E-state index contributed by atoms with van der Waals surface area (Å²) in [5.74, 6) is -1.39. The van der Waals surface area contributed by atoms with E-state index in [1.54, 1.807) is 32.1 Å². The lowest BCUT2D eigenvalue weighted by Crippen LogP contribution is -2.46. The maximum atomic E-state index is 13.1. The fourth-order valence-electron chi connectivity index (χ4n) is 4.24. The number of aliphatic hydroxyl groups is 2. The topological polar surface area (TPSA) is 99.5 Å². The van der Waals surface area contributed by atoms with Gasteiger partial charge in [-0.3, -0.25) is 9.59 Å². The van der Waals surface area contributed by atoms with Gasteiger partial charge in [-0.2, -0.15) is 0 Å². The van der Waals surface area contributed by atoms with E-state index in [2.05, 4.69) is 16.4 Å². The minimum Gasteiger partial charge on any atom is -0.392 e. The first-order chi connectivity index (χ1) is 15.8. The number of thiazole rings is 1. The summed E-state index contributed by atoms with van der Waals surface area (Å²) in [5.41, 5.74) is 1.85. The molecule has 0 bridgehead atoms. The fourth-order valence-corrected chi connectivity index (χ4v) is 4.81. The second-order valence-electron chi connectivity index (χ2n) is 10.2. The number of amides is 1. The SMILES string of the molecule is CC1=C\[C@@H](/C(C)=C/c2csc(C)n2)CNC(=O)C[C@H](O)C(C)(C)C(=O)[C@H](C)[C@@H](O)[C@@H](C)C/C=C\1. The molecular formula is C27H40N2O4S. The highest BCUT2D eigenvalue weighted by atomic mass is 32.1. The Morgan fingerprint density at radius 3 is 2.53 bits per heavy atom. The molecular weight excluding hydrogens is 448 g/mol. The molecule has 0 spiro atoms. The number of nitrogens with one attached hydrogen (secondary N) is 1. The van der Waals surface area contributed by atoms with Gasteiger partial charge in [-0.05, 0) is 39.2 Å². The van der Waals surface area contributed by atoms with Gasteiger partial charge in [0.1, 0.15) is 5.78 Å². The molecule has 1 aliphatic rings. The van der Waals surface area contributed by atoms with E-state index < -0.39 is 23.5 Å². The Hall–Kier alpha value is -2.09. The predicted molar refractivity (Wildman–Crippen MR) is 138 cm³/mol. The summed E-state index contributed by atoms with van der Waals surface area (Å²) in [4.78, 5) is 30.3. The van der Waals surface area contributed by atoms with Gasteiger partial charge >= 0.3 is 0 Å². The first kappa shape index (κ1) is 28.1. The van der Waals surface area contributed by atoms with Crippen LogP contribution in [-0.2, 0) is 9.59 Å². The third-order valence-corrected chi connectivity index (χ3v) is 7.62. The molecule has 0 aromatic carbocycles. The van der Waals surface area contributed by atoms with Crippen molar-refractivity contribution in [1.29, 1.82) is 0 Å². The van der Waals surface area contributed by atoms with Crippen LogP contribution < -0.4 is 5.32 Å². The van der Waals surface area contributed by atoms with Gasteiger partial charge in [-0.1, -0.05) is 57.1 Å². The van der Waals surface area contributed by atoms with Crippen LogP contribution in [0.4, 0.5) is 0 Å². The smallest absolute Gasteiger partial charge is 0.222 e. The molecule has 5 atom stereocenters. The van der Waals surface area contributed by atoms with Crippen molar-refractivity contribution in [2.75, 3.05) is 6.54 Å². The van der Waals surface area contributed by atoms with Gasteiger partial charge in [-0.15, -0.1) is 11.3 Å². The van der Waals surface area contributed by atoms with Gasteiger partial charge in [0.25, 0.3) is 0 Å². The van der Waals surface area contributed by atoms with E-state index in [9.17, 15) is 19.8 Å². The first-order valence-electron chi connectivity index (χ1n) is 11.9. The van der Waals surface area contributed by atoms with Crippen molar-refractivity contribution >= 4 is 29.1 Å². The molecule has 1 aliphatic heterocycles. The number of allylic oxidation sites excluding steroid dienone is 3. The fraction of sp³-hybridized carbons (Fsp3) is 0.593. The van der Waals surface area contributed by atoms with Crippen LogP contribution in [-0.4, -0.2) is 45.6 Å². The molecule has 2 rings (SSSR count). The zero-order valence-electron chi connectivity index (χ0n) is 21.5. The predicted octanol–water partition coefficient (Wildman–Crippen LogP) is 4.47. The Kier molecular flexibility index (Phi) is 9.97. The molecule has 0 radical (unpaired) electrons. The number of ketones is 1. The lowest BCUT2D eigenvalue weighted by Gasteiger charge is -2.34. The average molecular weight is 489 g/mol. The van der Waals surface area contributed by atoms with E-state index in [0.717, 1.165) is 21.8 Å². The highest BCUT2D eigenvalue weighted by Gasteiger charge is 2.41. The monoisotopic (exact) mass is 488 g/mol. The summed E-state index contributed by atoms with van der Waals surface area (Å²) in [7, 11) is 0. The number of carbonyl (C=O) groups excluding carboxylic acids is 2. The molecule has 188 valence electrons. The van der Waals surface area contributed by atoms with Crippen LogP contribution in [0.1, 0.15) is 65.1 Å². The van der Waals surface area contributed by atoms with Crippen LogP contribution in [0.5, 0.6) is 0 Å². The zero-order valence-corrected chi connectivity index (χ0v) is 22.3. The Morgan fingerprint density at radius 2 is 1.91 bits per heavy atom. The Balaban J connectivity index is 2.37. The summed E-state index contributed by atoms with van der Waals surface area (Å²) in [5, 5.41) is 27.5. The van der Waals surface area contributed by atoms with Crippen LogP contribution in [0.2, 0.25) is 0 Å². The second kappa shape index (κ2) is 12.0. The molecule has 7 heteroatoms. The number of hydrogen-bond donors (Lipinski definition) is 3. The number of aryl methyl sites for hydroxylation is 1. The van der Waals surface area contributed by atoms with Gasteiger partial charge < -0.3 is 15.5 Å². The van der Waals surface area contributed by atoms with Gasteiger partial charge in [0, 0.05) is 23.8 Å². The average Bonchev–Trinajstić information content (AvgIpc) is 3.18. The van der Waals surface area contributed by atoms with Gasteiger partial charge in [0.05, 0.1) is 34.7 Å². The van der Waals surface area contributed by atoms with Crippen LogP contribution in [0.25, 0.3) is 6.08 Å². The number of aliphatic hydroxyl groups excluding tert-OH is 2. The molecule has 3 N–H and O–H groups in total. The summed E-state index contributed by atoms with van der Waals surface area (Å²) >= 11 is 1.59. The summed E-state index contributed by atoms with van der Waals surface area (Å²) in [6, 6.07) is 0. The third-order valence-electron chi connectivity index (χ3n) is 6.82. The summed E-state index contributed by atoms with van der Waals surface area (Å²) < 4.78 is 0. The van der Waals surface area contributed by atoms with E-state index in [0.29, 0.717) is 13.0 Å². The van der Waals surface area contributed by atoms with Gasteiger partial charge in [-0.25, -0.2) is 4.98 Å². The minimum atomic E-state index is -1.15. The van der Waals surface area contributed by atoms with Crippen LogP contribution in [0, 0.1) is 30.1 Å². The molecule has 0 fully saturated rings. The zero-order chi connectivity index (χ0) is 25.6. The van der Waals surface area contributed by atoms with E-state index in [1.165, 1.54) is 0 Å². The lowest BCUT2D eigenvalue weighted by molar-refractivity contribution is -0.143. The number of nitrogens with zero attached hydrogens (tertiary/aromatic N) is 1. The standard InChI is InChI=1S/C27H40N2O4S/c1-16-9-8-10-17(2)25(32)19(4)26(33)27(6,7)23(30)13-24(31)28-14-21(11-16)18(3)12-22-15-34-20(5)29-22/h8-9,11-12,15,17,19,21,23,25,30,32H,10,13-14H2,1-7H3,(H,28,31)/b9-8-,16-11+,18-12+/t17-,19+,21+,23-,25-/m0/s1. The van der Waals surface area contributed by atoms with Crippen molar-refractivity contribution in [1.82, 2.24) is 10.3 Å². The summed E-state index contributed by atoms with van der Waals surface area (Å²) in [6.07, 6.45) is 6.63. The molecule has 0 saturated carbocycles. The molecule has 1 aromatic heterocycles. The maximum absolute atomic E-state index is 13.1. The molecule has 2 heterocycles. The number of rotatable bonds is 2. The molecule has 0 aliphatic carbocycles. The lowest BCUT2D eigenvalue weighted by atomic mass is 9.73. The van der Waals surface area contributed by atoms with Crippen molar-refractivity contribution in [2.24, 2.45) is 23.2 Å². The number of hydrogen-bond acceptors (Lipinski definition) is 6. The number of carbonyl (C=O) groups is 2.